The van der Waals surface area contributed by atoms with E-state index < -0.39 is 0 Å². The number of hydrogen-bond donors (Lipinski definition) is 1. The molecule has 0 saturated heterocycles. The van der Waals surface area contributed by atoms with Crippen molar-refractivity contribution in [2.45, 2.75) is 19.3 Å². The molecular weight excluding hydrogens is 364 g/mol. The molecule has 3 aromatic rings. The van der Waals surface area contributed by atoms with E-state index in [0.29, 0.717) is 17.9 Å². The highest BCUT2D eigenvalue weighted by Gasteiger charge is 2.21. The summed E-state index contributed by atoms with van der Waals surface area (Å²) in [6.07, 6.45) is 2.22. The molecule has 146 valence electrons. The molecule has 0 saturated carbocycles. The smallest absolute Gasteiger partial charge is 0.247 e. The van der Waals surface area contributed by atoms with Crippen LogP contribution in [0, 0.1) is 6.92 Å². The zero-order valence-corrected chi connectivity index (χ0v) is 16.2. The van der Waals surface area contributed by atoms with Gasteiger partial charge in [0.25, 0.3) is 0 Å². The van der Waals surface area contributed by atoms with Crippen LogP contribution in [0.25, 0.3) is 0 Å². The summed E-state index contributed by atoms with van der Waals surface area (Å²) < 4.78 is 10.7. The van der Waals surface area contributed by atoms with Crippen LogP contribution < -0.4 is 14.9 Å². The Hall–Kier alpha value is -3.60. The number of nitrogens with zero attached hydrogens (tertiary/aromatic N) is 1. The fraction of sp³-hybridized carbons (Fsp3) is 0.167. The lowest BCUT2D eigenvalue weighted by molar-refractivity contribution is -0.122. The van der Waals surface area contributed by atoms with Gasteiger partial charge in [0.1, 0.15) is 0 Å². The summed E-state index contributed by atoms with van der Waals surface area (Å²) in [6.45, 7) is 2.29. The van der Waals surface area contributed by atoms with Crippen LogP contribution in [0.3, 0.4) is 0 Å². The quantitative estimate of drug-likeness (QED) is 0.510. The average Bonchev–Trinajstić information content (AvgIpc) is 3.21. The normalized spacial score (nSPS) is 13.4. The first-order chi connectivity index (χ1) is 14.2. The molecule has 1 heterocycles. The van der Waals surface area contributed by atoms with E-state index >= 15 is 0 Å². The standard InChI is InChI=1S/C24H22N2O3/c1-17-7-5-6-10-20(17)14-21(19-8-3-2-4-9-19)24(27)26-25-15-18-11-12-22-23(13-18)29-16-28-22/h2-13,15,21H,14,16H2,1H3,(H,26,27)/b25-15-/t21-/m0/s1. The van der Waals surface area contributed by atoms with Crippen molar-refractivity contribution in [2.24, 2.45) is 5.10 Å². The Morgan fingerprint density at radius 3 is 2.62 bits per heavy atom. The average molecular weight is 386 g/mol. The highest BCUT2D eigenvalue weighted by Crippen LogP contribution is 2.32. The summed E-state index contributed by atoms with van der Waals surface area (Å²) in [5.74, 6) is 0.929. The first kappa shape index (κ1) is 18.7. The molecule has 1 atom stereocenters. The molecule has 1 N–H and O–H groups in total. The summed E-state index contributed by atoms with van der Waals surface area (Å²) >= 11 is 0. The van der Waals surface area contributed by atoms with Crippen LogP contribution in [0.1, 0.15) is 28.2 Å². The van der Waals surface area contributed by atoms with Crippen molar-refractivity contribution in [1.29, 1.82) is 0 Å². The summed E-state index contributed by atoms with van der Waals surface area (Å²) in [7, 11) is 0. The molecule has 0 fully saturated rings. The minimum absolute atomic E-state index is 0.142. The van der Waals surface area contributed by atoms with Crippen LogP contribution in [0.15, 0.2) is 77.9 Å². The third-order valence-electron chi connectivity index (χ3n) is 4.99. The Morgan fingerprint density at radius 1 is 1.03 bits per heavy atom. The summed E-state index contributed by atoms with van der Waals surface area (Å²) in [5, 5.41) is 4.16. The minimum atomic E-state index is -0.328. The van der Waals surface area contributed by atoms with Crippen molar-refractivity contribution >= 4 is 12.1 Å². The Bertz CT molecular complexity index is 1030. The first-order valence-electron chi connectivity index (χ1n) is 9.53. The lowest BCUT2D eigenvalue weighted by Gasteiger charge is -2.17. The molecule has 5 nitrogen and oxygen atoms in total. The topological polar surface area (TPSA) is 59.9 Å². The van der Waals surface area contributed by atoms with Crippen molar-refractivity contribution in [3.05, 3.63) is 95.1 Å². The van der Waals surface area contributed by atoms with Gasteiger partial charge in [0.2, 0.25) is 12.7 Å². The van der Waals surface area contributed by atoms with Gasteiger partial charge in [0, 0.05) is 0 Å². The number of benzene rings is 3. The van der Waals surface area contributed by atoms with E-state index in [9.17, 15) is 4.79 Å². The lowest BCUT2D eigenvalue weighted by Crippen LogP contribution is -2.27. The monoisotopic (exact) mass is 386 g/mol. The molecule has 0 bridgehead atoms. The maximum absolute atomic E-state index is 13.0. The molecule has 0 aliphatic carbocycles. The Balaban J connectivity index is 1.50. The third kappa shape index (κ3) is 4.46. The largest absolute Gasteiger partial charge is 0.454 e. The lowest BCUT2D eigenvalue weighted by atomic mass is 9.90. The van der Waals surface area contributed by atoms with Gasteiger partial charge in [-0.3, -0.25) is 4.79 Å². The number of rotatable bonds is 6. The van der Waals surface area contributed by atoms with Crippen LogP contribution in [-0.4, -0.2) is 18.9 Å². The van der Waals surface area contributed by atoms with Crippen molar-refractivity contribution in [3.63, 3.8) is 0 Å². The maximum Gasteiger partial charge on any atom is 0.247 e. The summed E-state index contributed by atoms with van der Waals surface area (Å²) in [5.41, 5.74) is 6.80. The molecule has 3 aromatic carbocycles. The molecule has 0 aromatic heterocycles. The fourth-order valence-corrected chi connectivity index (χ4v) is 3.35. The van der Waals surface area contributed by atoms with Crippen molar-refractivity contribution < 1.29 is 14.3 Å². The van der Waals surface area contributed by atoms with Gasteiger partial charge >= 0.3 is 0 Å². The van der Waals surface area contributed by atoms with Crippen LogP contribution >= 0.6 is 0 Å². The molecule has 5 heteroatoms. The Morgan fingerprint density at radius 2 is 1.79 bits per heavy atom. The van der Waals surface area contributed by atoms with Crippen molar-refractivity contribution in [1.82, 2.24) is 5.43 Å². The van der Waals surface area contributed by atoms with E-state index in [4.69, 9.17) is 9.47 Å². The zero-order valence-electron chi connectivity index (χ0n) is 16.2. The SMILES string of the molecule is Cc1ccccc1C[C@H](C(=O)N/N=C\c1ccc2c(c1)OCO2)c1ccccc1. The first-order valence-corrected chi connectivity index (χ1v) is 9.53. The van der Waals surface area contributed by atoms with Gasteiger partial charge in [-0.25, -0.2) is 5.43 Å². The van der Waals surface area contributed by atoms with Gasteiger partial charge in [0.15, 0.2) is 11.5 Å². The van der Waals surface area contributed by atoms with Crippen LogP contribution in [0.4, 0.5) is 0 Å². The number of amides is 1. The number of hydrogen-bond acceptors (Lipinski definition) is 4. The van der Waals surface area contributed by atoms with Gasteiger partial charge in [-0.05, 0) is 53.8 Å². The molecule has 1 aliphatic heterocycles. The molecule has 1 aliphatic rings. The summed E-state index contributed by atoms with van der Waals surface area (Å²) in [4.78, 5) is 13.0. The van der Waals surface area contributed by atoms with E-state index in [0.717, 1.165) is 16.7 Å². The number of carbonyl (C=O) groups excluding carboxylic acids is 1. The Labute approximate surface area is 170 Å². The van der Waals surface area contributed by atoms with E-state index in [1.807, 2.05) is 60.7 Å². The molecule has 0 radical (unpaired) electrons. The number of hydrazone groups is 1. The van der Waals surface area contributed by atoms with Gasteiger partial charge < -0.3 is 9.47 Å². The Kier molecular flexibility index (Phi) is 5.56. The second-order valence-electron chi connectivity index (χ2n) is 6.94. The minimum Gasteiger partial charge on any atom is -0.454 e. The van der Waals surface area contributed by atoms with E-state index in [1.165, 1.54) is 5.56 Å². The second kappa shape index (κ2) is 8.61. The van der Waals surface area contributed by atoms with E-state index in [1.54, 1.807) is 6.21 Å². The molecule has 29 heavy (non-hydrogen) atoms. The summed E-state index contributed by atoms with van der Waals surface area (Å²) in [6, 6.07) is 23.5. The van der Waals surface area contributed by atoms with Crippen LogP contribution in [0.2, 0.25) is 0 Å². The van der Waals surface area contributed by atoms with Gasteiger partial charge in [-0.15, -0.1) is 0 Å². The fourth-order valence-electron chi connectivity index (χ4n) is 3.35. The number of fused-ring (bicyclic) bond motifs is 1. The molecule has 0 unspecified atom stereocenters. The zero-order chi connectivity index (χ0) is 20.1. The number of carbonyl (C=O) groups is 1. The second-order valence-corrected chi connectivity index (χ2v) is 6.94. The third-order valence-corrected chi connectivity index (χ3v) is 4.99. The van der Waals surface area contributed by atoms with Crippen molar-refractivity contribution in [3.8, 4) is 11.5 Å². The van der Waals surface area contributed by atoms with Gasteiger partial charge in [-0.1, -0.05) is 54.6 Å². The molecule has 1 amide bonds. The predicted octanol–water partition coefficient (Wildman–Crippen LogP) is 4.20. The van der Waals surface area contributed by atoms with Gasteiger partial charge in [0.05, 0.1) is 12.1 Å². The van der Waals surface area contributed by atoms with E-state index in [2.05, 4.69) is 29.6 Å². The van der Waals surface area contributed by atoms with Crippen LogP contribution in [0.5, 0.6) is 11.5 Å². The van der Waals surface area contributed by atoms with Crippen LogP contribution in [-0.2, 0) is 11.2 Å². The number of ether oxygens (including phenoxy) is 2. The highest BCUT2D eigenvalue weighted by atomic mass is 16.7. The molecular formula is C24H22N2O3. The van der Waals surface area contributed by atoms with E-state index in [-0.39, 0.29) is 18.6 Å². The number of nitrogens with one attached hydrogen (secondary N) is 1. The highest BCUT2D eigenvalue weighted by molar-refractivity contribution is 5.86. The maximum atomic E-state index is 13.0. The number of aryl methyl sites for hydroxylation is 1. The van der Waals surface area contributed by atoms with Crippen molar-refractivity contribution in [2.75, 3.05) is 6.79 Å². The molecule has 0 spiro atoms. The predicted molar refractivity (Wildman–Crippen MR) is 112 cm³/mol. The van der Waals surface area contributed by atoms with Gasteiger partial charge in [-0.2, -0.15) is 5.10 Å². The molecule has 4 rings (SSSR count).